The second-order valence-electron chi connectivity index (χ2n) is 12.1. The first-order valence-corrected chi connectivity index (χ1v) is 16.0. The lowest BCUT2D eigenvalue weighted by molar-refractivity contribution is -0.121. The number of thiazole rings is 1. The Kier molecular flexibility index (Phi) is 6.90. The second-order valence-corrected chi connectivity index (χ2v) is 13.0. The molecule has 2 unspecified atom stereocenters. The summed E-state index contributed by atoms with van der Waals surface area (Å²) in [4.78, 5) is 41.9. The highest BCUT2D eigenvalue weighted by Gasteiger charge is 2.43. The smallest absolute Gasteiger partial charge is 0.255 e. The predicted molar refractivity (Wildman–Crippen MR) is 163 cm³/mol. The fourth-order valence-corrected chi connectivity index (χ4v) is 7.39. The van der Waals surface area contributed by atoms with Gasteiger partial charge in [0.25, 0.3) is 11.8 Å². The van der Waals surface area contributed by atoms with Gasteiger partial charge in [0, 0.05) is 67.0 Å². The van der Waals surface area contributed by atoms with Gasteiger partial charge in [-0.15, -0.1) is 11.3 Å². The zero-order chi connectivity index (χ0) is 30.8. The number of alkyl halides is 1. The quantitative estimate of drug-likeness (QED) is 0.315. The highest BCUT2D eigenvalue weighted by Crippen LogP contribution is 2.39. The number of nitrogens with one attached hydrogen (secondary N) is 1. The van der Waals surface area contributed by atoms with E-state index in [0.717, 1.165) is 26.2 Å². The van der Waals surface area contributed by atoms with E-state index in [4.69, 9.17) is 0 Å². The second kappa shape index (κ2) is 11.0. The maximum absolute atomic E-state index is 15.7. The molecule has 2 fully saturated rings. The zero-order valence-corrected chi connectivity index (χ0v) is 25.1. The summed E-state index contributed by atoms with van der Waals surface area (Å²) >= 11 is 1.21. The number of nitrogens with zero attached hydrogens (tertiary/aromatic N) is 6. The van der Waals surface area contributed by atoms with Crippen LogP contribution in [0.15, 0.2) is 48.2 Å². The van der Waals surface area contributed by atoms with Gasteiger partial charge in [-0.1, -0.05) is 6.07 Å². The van der Waals surface area contributed by atoms with Crippen molar-refractivity contribution in [3.8, 4) is 11.1 Å². The summed E-state index contributed by atoms with van der Waals surface area (Å²) < 4.78 is 47.1. The number of carbonyl (C=O) groups excluding carboxylic acids is 2. The third-order valence-electron chi connectivity index (χ3n) is 9.28. The summed E-state index contributed by atoms with van der Waals surface area (Å²) in [6.07, 6.45) is 4.41. The number of anilines is 2. The summed E-state index contributed by atoms with van der Waals surface area (Å²) in [5.74, 6) is -2.17. The zero-order valence-electron chi connectivity index (χ0n) is 24.3. The number of amides is 2. The Morgan fingerprint density at radius 1 is 1.02 bits per heavy atom. The molecule has 4 aromatic rings. The molecule has 1 aliphatic carbocycles. The van der Waals surface area contributed by atoms with E-state index in [9.17, 15) is 14.0 Å². The van der Waals surface area contributed by atoms with Crippen molar-refractivity contribution >= 4 is 34.0 Å². The number of rotatable bonds is 7. The highest BCUT2D eigenvalue weighted by atomic mass is 32.1. The third-order valence-corrected chi connectivity index (χ3v) is 9.97. The molecule has 1 saturated heterocycles. The van der Waals surface area contributed by atoms with Gasteiger partial charge in [-0.25, -0.2) is 23.1 Å². The van der Waals surface area contributed by atoms with Crippen LogP contribution < -0.4 is 10.2 Å². The van der Waals surface area contributed by atoms with Crippen LogP contribution in [0.2, 0.25) is 0 Å². The molecule has 1 saturated carbocycles. The maximum atomic E-state index is 15.7. The van der Waals surface area contributed by atoms with Gasteiger partial charge in [0.15, 0.2) is 11.2 Å². The number of halogens is 3. The minimum absolute atomic E-state index is 0.0572. The van der Waals surface area contributed by atoms with Gasteiger partial charge >= 0.3 is 0 Å². The SMILES string of the molecule is O=C(Nc1nccs1)C(c1ncn2c1CC(F)C2)N1Cc2c(F)cc(-c3ccc(N4CCN(C5CC5)CC4)c(F)c3)cc2C1=O. The Labute approximate surface area is 261 Å². The fourth-order valence-electron chi connectivity index (χ4n) is 6.86. The van der Waals surface area contributed by atoms with E-state index in [2.05, 4.69) is 20.2 Å². The molecule has 0 spiro atoms. The Bertz CT molecular complexity index is 1800. The van der Waals surface area contributed by atoms with Crippen LogP contribution in [-0.4, -0.2) is 74.5 Å². The molecule has 0 bridgehead atoms. The minimum Gasteiger partial charge on any atom is -0.367 e. The molecule has 2 aromatic heterocycles. The average Bonchev–Trinajstić information content (AvgIpc) is 3.26. The minimum atomic E-state index is -1.24. The molecular formula is C32H30F3N7O2S. The van der Waals surface area contributed by atoms with E-state index in [-0.39, 0.29) is 36.3 Å². The van der Waals surface area contributed by atoms with Crippen LogP contribution in [0, 0.1) is 11.6 Å². The topological polar surface area (TPSA) is 86.6 Å². The number of benzene rings is 2. The lowest BCUT2D eigenvalue weighted by Gasteiger charge is -2.36. The van der Waals surface area contributed by atoms with Crippen molar-refractivity contribution < 1.29 is 22.8 Å². The van der Waals surface area contributed by atoms with Crippen LogP contribution in [0.5, 0.6) is 0 Å². The van der Waals surface area contributed by atoms with Crippen molar-refractivity contribution in [1.82, 2.24) is 24.3 Å². The number of imidazole rings is 1. The monoisotopic (exact) mass is 633 g/mol. The molecule has 232 valence electrons. The van der Waals surface area contributed by atoms with E-state index in [1.54, 1.807) is 28.1 Å². The lowest BCUT2D eigenvalue weighted by Crippen LogP contribution is -2.47. The molecule has 0 radical (unpaired) electrons. The molecule has 1 N–H and O–H groups in total. The van der Waals surface area contributed by atoms with Crippen LogP contribution in [-0.2, 0) is 24.3 Å². The van der Waals surface area contributed by atoms with Crippen molar-refractivity contribution in [2.45, 2.75) is 50.6 Å². The molecule has 8 rings (SSSR count). The van der Waals surface area contributed by atoms with Gasteiger partial charge in [-0.2, -0.15) is 0 Å². The van der Waals surface area contributed by atoms with Crippen molar-refractivity contribution in [2.24, 2.45) is 0 Å². The fraction of sp³-hybridized carbons (Fsp3) is 0.375. The summed E-state index contributed by atoms with van der Waals surface area (Å²) in [5.41, 5.74) is 2.32. The largest absolute Gasteiger partial charge is 0.367 e. The van der Waals surface area contributed by atoms with E-state index in [0.29, 0.717) is 33.7 Å². The number of hydrogen-bond donors (Lipinski definition) is 1. The Morgan fingerprint density at radius 3 is 2.56 bits per heavy atom. The molecular weight excluding hydrogens is 603 g/mol. The lowest BCUT2D eigenvalue weighted by atomic mass is 9.99. The molecule has 13 heteroatoms. The number of carbonyl (C=O) groups is 2. The first-order chi connectivity index (χ1) is 21.8. The third kappa shape index (κ3) is 5.07. The Morgan fingerprint density at radius 2 is 1.82 bits per heavy atom. The van der Waals surface area contributed by atoms with Gasteiger partial charge in [-0.05, 0) is 48.2 Å². The summed E-state index contributed by atoms with van der Waals surface area (Å²) in [6, 6.07) is 7.13. The normalized spacial score (nSPS) is 20.4. The van der Waals surface area contributed by atoms with E-state index in [1.165, 1.54) is 53.7 Å². The van der Waals surface area contributed by atoms with Crippen LogP contribution in [0.4, 0.5) is 24.0 Å². The maximum Gasteiger partial charge on any atom is 0.255 e. The van der Waals surface area contributed by atoms with Crippen molar-refractivity contribution in [1.29, 1.82) is 0 Å². The molecule has 2 aromatic carbocycles. The number of hydrogen-bond acceptors (Lipinski definition) is 7. The van der Waals surface area contributed by atoms with Gasteiger partial charge in [0.05, 0.1) is 30.8 Å². The number of aromatic nitrogens is 3. The van der Waals surface area contributed by atoms with Crippen LogP contribution in [0.25, 0.3) is 11.1 Å². The van der Waals surface area contributed by atoms with Gasteiger partial charge in [-0.3, -0.25) is 19.8 Å². The average molecular weight is 634 g/mol. The first kappa shape index (κ1) is 28.3. The van der Waals surface area contributed by atoms with E-state index in [1.807, 2.05) is 4.90 Å². The van der Waals surface area contributed by atoms with Crippen LogP contribution in [0.3, 0.4) is 0 Å². The number of piperazine rings is 1. The summed E-state index contributed by atoms with van der Waals surface area (Å²) in [6.45, 7) is 3.23. The molecule has 5 heterocycles. The van der Waals surface area contributed by atoms with E-state index >= 15 is 8.78 Å². The molecule has 3 aliphatic heterocycles. The molecule has 45 heavy (non-hydrogen) atoms. The predicted octanol–water partition coefficient (Wildman–Crippen LogP) is 4.80. The van der Waals surface area contributed by atoms with Crippen molar-refractivity contribution in [3.63, 3.8) is 0 Å². The Hall–Kier alpha value is -4.23. The van der Waals surface area contributed by atoms with Crippen molar-refractivity contribution in [2.75, 3.05) is 36.4 Å². The van der Waals surface area contributed by atoms with Gasteiger partial charge < -0.3 is 14.4 Å². The van der Waals surface area contributed by atoms with Gasteiger partial charge in [0.2, 0.25) is 0 Å². The summed E-state index contributed by atoms with van der Waals surface area (Å²) in [5, 5.41) is 4.76. The van der Waals surface area contributed by atoms with Gasteiger partial charge in [0.1, 0.15) is 17.8 Å². The Balaban J connectivity index is 1.08. The summed E-state index contributed by atoms with van der Waals surface area (Å²) in [7, 11) is 0. The molecule has 2 amide bonds. The molecule has 2 atom stereocenters. The first-order valence-electron chi connectivity index (χ1n) is 15.1. The number of fused-ring (bicyclic) bond motifs is 2. The molecule has 4 aliphatic rings. The van der Waals surface area contributed by atoms with Crippen molar-refractivity contribution in [3.05, 3.63) is 82.4 Å². The standard InChI is InChI=1S/C32H30F3N7O2S/c33-20-14-27-28(37-17-41(27)15-20)29(30(43)38-32-36-5-10-45-32)42-16-23-22(31(42)44)11-19(13-24(23)34)18-1-4-26(25(35)12-18)40-8-6-39(7-9-40)21-2-3-21/h1,4-5,10-13,17,20-21,29H,2-3,6-9,14-16H2,(H,36,38,43). The highest BCUT2D eigenvalue weighted by molar-refractivity contribution is 7.13. The molecule has 9 nitrogen and oxygen atoms in total. The van der Waals surface area contributed by atoms with E-state index < -0.39 is 35.7 Å². The van der Waals surface area contributed by atoms with Crippen LogP contribution in [0.1, 0.15) is 46.2 Å². The van der Waals surface area contributed by atoms with Crippen LogP contribution >= 0.6 is 11.3 Å².